The van der Waals surface area contributed by atoms with Crippen LogP contribution in [0.2, 0.25) is 0 Å². The predicted octanol–water partition coefficient (Wildman–Crippen LogP) is 6.79. The topological polar surface area (TPSA) is 41.1 Å². The normalized spacial score (nSPS) is 20.4. The van der Waals surface area contributed by atoms with Gasteiger partial charge >= 0.3 is 0 Å². The van der Waals surface area contributed by atoms with Gasteiger partial charge in [0.25, 0.3) is 0 Å². The summed E-state index contributed by atoms with van der Waals surface area (Å²) in [5.41, 5.74) is 0. The van der Waals surface area contributed by atoms with Crippen molar-refractivity contribution in [2.45, 2.75) is 123 Å². The van der Waals surface area contributed by atoms with Gasteiger partial charge in [-0.3, -0.25) is 9.28 Å². The molecule has 31 heavy (non-hydrogen) atoms. The summed E-state index contributed by atoms with van der Waals surface area (Å²) in [4.78, 5) is 11.2. The van der Waals surface area contributed by atoms with Crippen LogP contribution in [0.25, 0.3) is 0 Å². The molecule has 0 aliphatic carbocycles. The summed E-state index contributed by atoms with van der Waals surface area (Å²) >= 11 is 0. The van der Waals surface area contributed by atoms with Crippen LogP contribution in [0.5, 0.6) is 0 Å². The van der Waals surface area contributed by atoms with E-state index in [4.69, 9.17) is 0 Å². The standard InChI is InChI=1S/C27H51N3O/c1-4-6-7-8-9-10-11-12-13-14-15-16-17-18-19-20-21-27-29-23-25-30(27,5-2)24-22-28-26(3)31/h14-15,23,25,27,29H,4-13,16-22,24H2,1-3H3/p+1/b15-14+. The third-order valence-corrected chi connectivity index (χ3v) is 6.76. The second-order valence-electron chi connectivity index (χ2n) is 9.35. The van der Waals surface area contributed by atoms with E-state index in [1.807, 2.05) is 0 Å². The molecule has 0 saturated carbocycles. The Kier molecular flexibility index (Phi) is 16.4. The van der Waals surface area contributed by atoms with Gasteiger partial charge in [0.15, 0.2) is 6.17 Å². The van der Waals surface area contributed by atoms with Gasteiger partial charge in [0.1, 0.15) is 12.7 Å². The fraction of sp³-hybridized carbons (Fsp3) is 0.815. The highest BCUT2D eigenvalue weighted by atomic mass is 16.1. The van der Waals surface area contributed by atoms with Crippen LogP contribution in [0.3, 0.4) is 0 Å². The first-order chi connectivity index (χ1) is 15.1. The molecule has 0 radical (unpaired) electrons. The van der Waals surface area contributed by atoms with Gasteiger partial charge in [0, 0.05) is 13.3 Å². The molecule has 2 atom stereocenters. The molecule has 0 aromatic rings. The Balaban J connectivity index is 1.99. The smallest absolute Gasteiger partial charge is 0.217 e. The van der Waals surface area contributed by atoms with Gasteiger partial charge in [-0.15, -0.1) is 0 Å². The maximum absolute atomic E-state index is 11.2. The van der Waals surface area contributed by atoms with Crippen LogP contribution < -0.4 is 10.6 Å². The number of likely N-dealkylation sites (N-methyl/N-ethyl adjacent to an activating group) is 1. The molecule has 0 bridgehead atoms. The number of unbranched alkanes of at least 4 members (excludes halogenated alkanes) is 12. The number of carbonyl (C=O) groups is 1. The van der Waals surface area contributed by atoms with Crippen LogP contribution >= 0.6 is 0 Å². The van der Waals surface area contributed by atoms with Crippen LogP contribution in [0.15, 0.2) is 24.6 Å². The number of carbonyl (C=O) groups excluding carboxylic acids is 1. The summed E-state index contributed by atoms with van der Waals surface area (Å²) in [6.07, 6.45) is 29.9. The van der Waals surface area contributed by atoms with Crippen molar-refractivity contribution in [2.24, 2.45) is 0 Å². The van der Waals surface area contributed by atoms with E-state index in [-0.39, 0.29) is 5.91 Å². The number of hydrogen-bond donors (Lipinski definition) is 2. The molecule has 2 N–H and O–H groups in total. The third kappa shape index (κ3) is 13.0. The monoisotopic (exact) mass is 434 g/mol. The molecule has 0 aromatic carbocycles. The van der Waals surface area contributed by atoms with Gasteiger partial charge in [0.05, 0.1) is 19.3 Å². The molecule has 0 saturated heterocycles. The molecule has 180 valence electrons. The summed E-state index contributed by atoms with van der Waals surface area (Å²) < 4.78 is 0.946. The number of rotatable bonds is 20. The Morgan fingerprint density at radius 3 is 2.06 bits per heavy atom. The lowest BCUT2D eigenvalue weighted by molar-refractivity contribution is -0.898. The van der Waals surface area contributed by atoms with E-state index in [2.05, 4.69) is 49.0 Å². The van der Waals surface area contributed by atoms with Crippen molar-refractivity contribution in [2.75, 3.05) is 19.6 Å². The van der Waals surface area contributed by atoms with E-state index in [0.29, 0.717) is 6.17 Å². The minimum absolute atomic E-state index is 0.0637. The third-order valence-electron chi connectivity index (χ3n) is 6.76. The summed E-state index contributed by atoms with van der Waals surface area (Å²) in [5, 5.41) is 6.51. The highest BCUT2D eigenvalue weighted by molar-refractivity contribution is 5.72. The Bertz CT molecular complexity index is 503. The molecule has 4 nitrogen and oxygen atoms in total. The lowest BCUT2D eigenvalue weighted by Gasteiger charge is -2.37. The molecule has 1 heterocycles. The van der Waals surface area contributed by atoms with Crippen LogP contribution in [-0.2, 0) is 4.79 Å². The summed E-state index contributed by atoms with van der Waals surface area (Å²) in [5.74, 6) is 0.0637. The van der Waals surface area contributed by atoms with Gasteiger partial charge in [-0.05, 0) is 39.0 Å². The molecular formula is C27H52N3O+. The second-order valence-corrected chi connectivity index (χ2v) is 9.35. The zero-order valence-corrected chi connectivity index (χ0v) is 21.0. The minimum Gasteiger partial charge on any atom is -0.351 e. The van der Waals surface area contributed by atoms with Gasteiger partial charge in [-0.25, -0.2) is 0 Å². The van der Waals surface area contributed by atoms with Crippen molar-refractivity contribution in [3.05, 3.63) is 24.6 Å². The van der Waals surface area contributed by atoms with E-state index in [9.17, 15) is 4.79 Å². The van der Waals surface area contributed by atoms with E-state index < -0.39 is 0 Å². The molecule has 0 aromatic heterocycles. The van der Waals surface area contributed by atoms with Crippen molar-refractivity contribution in [1.82, 2.24) is 10.6 Å². The van der Waals surface area contributed by atoms with Gasteiger partial charge in [0.2, 0.25) is 5.91 Å². The van der Waals surface area contributed by atoms with E-state index >= 15 is 0 Å². The zero-order valence-electron chi connectivity index (χ0n) is 21.0. The first-order valence-corrected chi connectivity index (χ1v) is 13.3. The van der Waals surface area contributed by atoms with Crippen molar-refractivity contribution >= 4 is 5.91 Å². The van der Waals surface area contributed by atoms with Gasteiger partial charge < -0.3 is 10.6 Å². The summed E-state index contributed by atoms with van der Waals surface area (Å²) in [6, 6.07) is 0. The van der Waals surface area contributed by atoms with E-state index in [0.717, 1.165) is 24.1 Å². The van der Waals surface area contributed by atoms with Crippen molar-refractivity contribution < 1.29 is 9.28 Å². The maximum Gasteiger partial charge on any atom is 0.217 e. The van der Waals surface area contributed by atoms with Crippen molar-refractivity contribution in [1.29, 1.82) is 0 Å². The fourth-order valence-electron chi connectivity index (χ4n) is 4.63. The number of hydrogen-bond acceptors (Lipinski definition) is 2. The number of amides is 1. The molecule has 1 amide bonds. The number of nitrogens with one attached hydrogen (secondary N) is 2. The molecule has 2 unspecified atom stereocenters. The molecule has 1 aliphatic heterocycles. The van der Waals surface area contributed by atoms with Crippen LogP contribution in [0.1, 0.15) is 117 Å². The molecule has 1 rings (SSSR count). The molecule has 0 spiro atoms. The lowest BCUT2D eigenvalue weighted by atomic mass is 10.1. The Hall–Kier alpha value is -1.29. The van der Waals surface area contributed by atoms with E-state index in [1.165, 1.54) is 96.3 Å². The van der Waals surface area contributed by atoms with Crippen LogP contribution in [0, 0.1) is 0 Å². The summed E-state index contributed by atoms with van der Waals surface area (Å²) in [7, 11) is 0. The average molecular weight is 435 g/mol. The Morgan fingerprint density at radius 1 is 0.903 bits per heavy atom. The molecule has 0 fully saturated rings. The highest BCUT2D eigenvalue weighted by Gasteiger charge is 2.36. The quantitative estimate of drug-likeness (QED) is 0.126. The molecular weight excluding hydrogens is 382 g/mol. The predicted molar refractivity (Wildman–Crippen MR) is 134 cm³/mol. The average Bonchev–Trinajstić information content (AvgIpc) is 3.16. The minimum atomic E-state index is 0.0637. The Labute approximate surface area is 193 Å². The number of quaternary nitrogens is 1. The fourth-order valence-corrected chi connectivity index (χ4v) is 4.63. The van der Waals surface area contributed by atoms with Gasteiger partial charge in [-0.2, -0.15) is 0 Å². The highest BCUT2D eigenvalue weighted by Crippen LogP contribution is 2.22. The van der Waals surface area contributed by atoms with Crippen molar-refractivity contribution in [3.8, 4) is 0 Å². The number of allylic oxidation sites excluding steroid dienone is 2. The molecule has 4 heteroatoms. The second kappa shape index (κ2) is 18.3. The largest absolute Gasteiger partial charge is 0.351 e. The Morgan fingerprint density at radius 2 is 1.48 bits per heavy atom. The first-order valence-electron chi connectivity index (χ1n) is 13.3. The number of nitrogens with zero attached hydrogens (tertiary/aromatic N) is 1. The summed E-state index contributed by atoms with van der Waals surface area (Å²) in [6.45, 7) is 8.91. The van der Waals surface area contributed by atoms with E-state index in [1.54, 1.807) is 6.92 Å². The van der Waals surface area contributed by atoms with Gasteiger partial charge in [-0.1, -0.05) is 76.9 Å². The van der Waals surface area contributed by atoms with Crippen LogP contribution in [0.4, 0.5) is 0 Å². The van der Waals surface area contributed by atoms with Crippen molar-refractivity contribution in [3.63, 3.8) is 0 Å². The maximum atomic E-state index is 11.2. The lowest BCUT2D eigenvalue weighted by Crippen LogP contribution is -2.55. The SMILES string of the molecule is CCCCCCCCCC/C=C/CCCCCCC1NC=C[N+]1(CC)CCNC(C)=O. The molecule has 1 aliphatic rings. The zero-order chi connectivity index (χ0) is 22.6. The van der Waals surface area contributed by atoms with Crippen LogP contribution in [-0.4, -0.2) is 36.2 Å². The first kappa shape index (κ1) is 27.7.